The van der Waals surface area contributed by atoms with Crippen LogP contribution in [0.15, 0.2) is 12.1 Å². The largest absolute Gasteiger partial charge is 0.493 e. The lowest BCUT2D eigenvalue weighted by atomic mass is 10.0. The second-order valence-electron chi connectivity index (χ2n) is 6.26. The summed E-state index contributed by atoms with van der Waals surface area (Å²) < 4.78 is 25.3. The second-order valence-corrected chi connectivity index (χ2v) is 6.26. The van der Waals surface area contributed by atoms with Crippen LogP contribution in [0.1, 0.15) is 30.6 Å². The van der Waals surface area contributed by atoms with Crippen LogP contribution in [0.4, 0.5) is 0 Å². The highest BCUT2D eigenvalue weighted by Gasteiger charge is 2.24. The maximum atomic E-state index is 12.3. The van der Waals surface area contributed by atoms with E-state index in [-0.39, 0.29) is 23.0 Å². The molecule has 0 aromatic heterocycles. The minimum atomic E-state index is -0.808. The summed E-state index contributed by atoms with van der Waals surface area (Å²) in [6.07, 6.45) is 0.402. The third-order valence-electron chi connectivity index (χ3n) is 3.76. The Hall–Kier alpha value is -2.97. The number of ether oxygens (including phenoxy) is 5. The molecule has 28 heavy (non-hydrogen) atoms. The number of esters is 2. The van der Waals surface area contributed by atoms with Crippen LogP contribution in [-0.4, -0.2) is 58.9 Å². The van der Waals surface area contributed by atoms with Crippen LogP contribution < -0.4 is 19.5 Å². The maximum absolute atomic E-state index is 12.3. The van der Waals surface area contributed by atoms with Crippen molar-refractivity contribution in [2.45, 2.75) is 26.3 Å². The van der Waals surface area contributed by atoms with Crippen LogP contribution in [0, 0.1) is 5.92 Å². The van der Waals surface area contributed by atoms with Gasteiger partial charge >= 0.3 is 11.9 Å². The number of hydrogen-bond acceptors (Lipinski definition) is 8. The summed E-state index contributed by atoms with van der Waals surface area (Å²) in [7, 11) is 5.52. The van der Waals surface area contributed by atoms with Crippen molar-refractivity contribution in [3.63, 3.8) is 0 Å². The van der Waals surface area contributed by atoms with Gasteiger partial charge in [-0.25, -0.2) is 9.59 Å². The van der Waals surface area contributed by atoms with Crippen LogP contribution in [-0.2, 0) is 19.1 Å². The fraction of sp³-hybridized carbons (Fsp3) is 0.526. The average Bonchev–Trinajstić information content (AvgIpc) is 2.69. The van der Waals surface area contributed by atoms with Crippen molar-refractivity contribution < 1.29 is 38.1 Å². The Kier molecular flexibility index (Phi) is 9.07. The highest BCUT2D eigenvalue weighted by Crippen LogP contribution is 2.38. The number of benzene rings is 1. The van der Waals surface area contributed by atoms with E-state index in [2.05, 4.69) is 10.1 Å². The molecular weight excluding hydrogens is 370 g/mol. The van der Waals surface area contributed by atoms with Gasteiger partial charge < -0.3 is 29.0 Å². The van der Waals surface area contributed by atoms with Gasteiger partial charge in [0.1, 0.15) is 6.04 Å². The number of hydrogen-bond donors (Lipinski definition) is 1. The van der Waals surface area contributed by atoms with Gasteiger partial charge in [0.15, 0.2) is 18.1 Å². The first-order valence-electron chi connectivity index (χ1n) is 8.61. The van der Waals surface area contributed by atoms with E-state index in [1.807, 2.05) is 13.8 Å². The molecule has 9 heteroatoms. The van der Waals surface area contributed by atoms with Gasteiger partial charge in [-0.05, 0) is 24.5 Å². The molecule has 0 aliphatic heterocycles. The lowest BCUT2D eigenvalue weighted by Gasteiger charge is -2.18. The molecule has 0 bridgehead atoms. The smallest absolute Gasteiger partial charge is 0.338 e. The lowest BCUT2D eigenvalue weighted by molar-refractivity contribution is -0.145. The number of carbonyl (C=O) groups is 3. The quantitative estimate of drug-likeness (QED) is 0.593. The molecule has 1 aromatic carbocycles. The van der Waals surface area contributed by atoms with E-state index < -0.39 is 30.5 Å². The topological polar surface area (TPSA) is 109 Å². The summed E-state index contributed by atoms with van der Waals surface area (Å²) in [6.45, 7) is 3.26. The summed E-state index contributed by atoms with van der Waals surface area (Å²) in [5.41, 5.74) is 0.119. The molecule has 1 aromatic rings. The standard InChI is InChI=1S/C19H27NO8/c1-11(2)7-13(19(23)27-6)20-16(21)10-28-18(22)12-8-14(24-3)17(26-5)15(9-12)25-4/h8-9,11,13H,7,10H2,1-6H3,(H,20,21)/t13-/m1/s1. The molecule has 0 heterocycles. The zero-order chi connectivity index (χ0) is 21.3. The van der Waals surface area contributed by atoms with E-state index in [9.17, 15) is 14.4 Å². The van der Waals surface area contributed by atoms with Gasteiger partial charge in [-0.2, -0.15) is 0 Å². The number of amides is 1. The highest BCUT2D eigenvalue weighted by molar-refractivity contribution is 5.93. The Morgan fingerprint density at radius 3 is 1.96 bits per heavy atom. The summed E-state index contributed by atoms with van der Waals surface area (Å²) in [6, 6.07) is 2.02. The first-order chi connectivity index (χ1) is 13.3. The fourth-order valence-electron chi connectivity index (χ4n) is 2.48. The molecule has 0 saturated carbocycles. The van der Waals surface area contributed by atoms with E-state index in [4.69, 9.17) is 18.9 Å². The van der Waals surface area contributed by atoms with E-state index in [0.717, 1.165) is 0 Å². The van der Waals surface area contributed by atoms with Crippen LogP contribution in [0.3, 0.4) is 0 Å². The third-order valence-corrected chi connectivity index (χ3v) is 3.76. The van der Waals surface area contributed by atoms with Gasteiger partial charge in [0.05, 0.1) is 34.0 Å². The Morgan fingerprint density at radius 1 is 0.964 bits per heavy atom. The molecule has 1 amide bonds. The average molecular weight is 397 g/mol. The minimum Gasteiger partial charge on any atom is -0.493 e. The Balaban J connectivity index is 2.80. The lowest BCUT2D eigenvalue weighted by Crippen LogP contribution is -2.44. The van der Waals surface area contributed by atoms with Crippen molar-refractivity contribution in [1.29, 1.82) is 0 Å². The van der Waals surface area contributed by atoms with Gasteiger partial charge in [0.2, 0.25) is 5.75 Å². The van der Waals surface area contributed by atoms with Crippen molar-refractivity contribution in [2.75, 3.05) is 35.0 Å². The summed E-state index contributed by atoms with van der Waals surface area (Å²) in [5, 5.41) is 2.51. The Morgan fingerprint density at radius 2 is 1.54 bits per heavy atom. The molecule has 156 valence electrons. The number of carbonyl (C=O) groups excluding carboxylic acids is 3. The van der Waals surface area contributed by atoms with E-state index in [1.54, 1.807) is 0 Å². The molecule has 1 N–H and O–H groups in total. The molecule has 1 rings (SSSR count). The predicted octanol–water partition coefficient (Wildman–Crippen LogP) is 1.57. The molecular formula is C19H27NO8. The highest BCUT2D eigenvalue weighted by atomic mass is 16.5. The molecule has 0 unspecified atom stereocenters. The van der Waals surface area contributed by atoms with E-state index >= 15 is 0 Å². The molecule has 0 radical (unpaired) electrons. The normalized spacial score (nSPS) is 11.4. The van der Waals surface area contributed by atoms with E-state index in [1.165, 1.54) is 40.6 Å². The summed E-state index contributed by atoms with van der Waals surface area (Å²) >= 11 is 0. The summed E-state index contributed by atoms with van der Waals surface area (Å²) in [4.78, 5) is 36.1. The predicted molar refractivity (Wildman–Crippen MR) is 99.8 cm³/mol. The first kappa shape index (κ1) is 23.1. The number of methoxy groups -OCH3 is 4. The first-order valence-corrected chi connectivity index (χ1v) is 8.61. The molecule has 0 aliphatic carbocycles. The van der Waals surface area contributed by atoms with Crippen molar-refractivity contribution in [3.05, 3.63) is 17.7 Å². The molecule has 0 spiro atoms. The van der Waals surface area contributed by atoms with Gasteiger partial charge in [-0.1, -0.05) is 13.8 Å². The number of nitrogens with one attached hydrogen (secondary N) is 1. The Labute approximate surface area is 164 Å². The molecule has 1 atom stereocenters. The Bertz CT molecular complexity index is 676. The SMILES string of the molecule is COC(=O)[C@@H](CC(C)C)NC(=O)COC(=O)c1cc(OC)c(OC)c(OC)c1. The van der Waals surface area contributed by atoms with Gasteiger partial charge in [-0.15, -0.1) is 0 Å². The van der Waals surface area contributed by atoms with Crippen molar-refractivity contribution >= 4 is 17.8 Å². The van der Waals surface area contributed by atoms with Gasteiger partial charge in [0.25, 0.3) is 5.91 Å². The van der Waals surface area contributed by atoms with E-state index in [0.29, 0.717) is 12.2 Å². The van der Waals surface area contributed by atoms with Gasteiger partial charge in [-0.3, -0.25) is 4.79 Å². The third kappa shape index (κ3) is 6.33. The molecule has 0 saturated heterocycles. The van der Waals surface area contributed by atoms with Gasteiger partial charge in [0, 0.05) is 0 Å². The maximum Gasteiger partial charge on any atom is 0.338 e. The molecule has 0 fully saturated rings. The summed E-state index contributed by atoms with van der Waals surface area (Å²) in [5.74, 6) is -0.885. The van der Waals surface area contributed by atoms with Crippen molar-refractivity contribution in [2.24, 2.45) is 5.92 Å². The van der Waals surface area contributed by atoms with Crippen molar-refractivity contribution in [3.8, 4) is 17.2 Å². The second kappa shape index (κ2) is 11.0. The molecule has 9 nitrogen and oxygen atoms in total. The van der Waals surface area contributed by atoms with Crippen LogP contribution in [0.25, 0.3) is 0 Å². The molecule has 0 aliphatic rings. The fourth-order valence-corrected chi connectivity index (χ4v) is 2.48. The zero-order valence-corrected chi connectivity index (χ0v) is 17.0. The van der Waals surface area contributed by atoms with Crippen LogP contribution in [0.5, 0.6) is 17.2 Å². The zero-order valence-electron chi connectivity index (χ0n) is 17.0. The number of rotatable bonds is 10. The van der Waals surface area contributed by atoms with Crippen molar-refractivity contribution in [1.82, 2.24) is 5.32 Å². The minimum absolute atomic E-state index is 0.119. The monoisotopic (exact) mass is 397 g/mol. The van der Waals surface area contributed by atoms with Crippen LogP contribution >= 0.6 is 0 Å². The van der Waals surface area contributed by atoms with Crippen LogP contribution in [0.2, 0.25) is 0 Å².